The SMILES string of the molecule is Cc1cc(C)cc(OCC(=O)Nc2ccnn2CC(C)C)c1. The van der Waals surface area contributed by atoms with Crippen LogP contribution in [0.4, 0.5) is 5.82 Å². The lowest BCUT2D eigenvalue weighted by molar-refractivity contribution is -0.118. The summed E-state index contributed by atoms with van der Waals surface area (Å²) < 4.78 is 7.35. The number of hydrogen-bond donors (Lipinski definition) is 1. The molecule has 0 atom stereocenters. The summed E-state index contributed by atoms with van der Waals surface area (Å²) in [5, 5.41) is 7.04. The van der Waals surface area contributed by atoms with Gasteiger partial charge in [-0.25, -0.2) is 4.68 Å². The molecule has 1 amide bonds. The van der Waals surface area contributed by atoms with E-state index < -0.39 is 0 Å². The molecule has 0 aliphatic rings. The van der Waals surface area contributed by atoms with Crippen LogP contribution >= 0.6 is 0 Å². The molecule has 22 heavy (non-hydrogen) atoms. The average Bonchev–Trinajstić information content (AvgIpc) is 2.82. The van der Waals surface area contributed by atoms with Crippen LogP contribution in [0, 0.1) is 19.8 Å². The zero-order chi connectivity index (χ0) is 16.1. The smallest absolute Gasteiger partial charge is 0.263 e. The minimum absolute atomic E-state index is 0.0181. The number of ether oxygens (including phenoxy) is 1. The molecule has 0 spiro atoms. The van der Waals surface area contributed by atoms with Gasteiger partial charge in [-0.15, -0.1) is 0 Å². The highest BCUT2D eigenvalue weighted by Gasteiger charge is 2.09. The molecular formula is C17H23N3O2. The Morgan fingerprint density at radius 3 is 2.59 bits per heavy atom. The lowest BCUT2D eigenvalue weighted by atomic mass is 10.1. The van der Waals surface area contributed by atoms with Gasteiger partial charge in [-0.1, -0.05) is 19.9 Å². The molecule has 0 fully saturated rings. The summed E-state index contributed by atoms with van der Waals surface area (Å²) in [5.41, 5.74) is 2.23. The van der Waals surface area contributed by atoms with Crippen molar-refractivity contribution in [3.63, 3.8) is 0 Å². The van der Waals surface area contributed by atoms with Crippen molar-refractivity contribution in [2.45, 2.75) is 34.2 Å². The molecule has 0 aliphatic heterocycles. The molecule has 1 aromatic carbocycles. The Morgan fingerprint density at radius 2 is 1.95 bits per heavy atom. The lowest BCUT2D eigenvalue weighted by Gasteiger charge is -2.12. The fourth-order valence-electron chi connectivity index (χ4n) is 2.27. The second kappa shape index (κ2) is 7.11. The molecule has 0 radical (unpaired) electrons. The summed E-state index contributed by atoms with van der Waals surface area (Å²) in [4.78, 5) is 12.0. The number of anilines is 1. The van der Waals surface area contributed by atoms with E-state index in [-0.39, 0.29) is 12.5 Å². The highest BCUT2D eigenvalue weighted by Crippen LogP contribution is 2.16. The van der Waals surface area contributed by atoms with Gasteiger partial charge in [0.2, 0.25) is 0 Å². The molecule has 2 rings (SSSR count). The van der Waals surface area contributed by atoms with E-state index in [2.05, 4.69) is 30.3 Å². The predicted octanol–water partition coefficient (Wildman–Crippen LogP) is 3.17. The van der Waals surface area contributed by atoms with Crippen molar-refractivity contribution in [2.24, 2.45) is 5.92 Å². The Labute approximate surface area is 131 Å². The number of aromatic nitrogens is 2. The Kier molecular flexibility index (Phi) is 5.20. The average molecular weight is 301 g/mol. The molecule has 118 valence electrons. The van der Waals surface area contributed by atoms with Crippen molar-refractivity contribution in [1.82, 2.24) is 9.78 Å². The van der Waals surface area contributed by atoms with Gasteiger partial charge in [-0.3, -0.25) is 4.79 Å². The zero-order valence-electron chi connectivity index (χ0n) is 13.6. The van der Waals surface area contributed by atoms with Crippen LogP contribution in [0.1, 0.15) is 25.0 Å². The number of carbonyl (C=O) groups excluding carboxylic acids is 1. The molecule has 0 bridgehead atoms. The predicted molar refractivity (Wildman–Crippen MR) is 87.1 cm³/mol. The molecule has 0 saturated heterocycles. The van der Waals surface area contributed by atoms with Gasteiger partial charge in [0.1, 0.15) is 11.6 Å². The maximum atomic E-state index is 12.0. The minimum Gasteiger partial charge on any atom is -0.484 e. The molecule has 0 aliphatic carbocycles. The van der Waals surface area contributed by atoms with Crippen LogP contribution in [-0.2, 0) is 11.3 Å². The molecule has 0 unspecified atom stereocenters. The quantitative estimate of drug-likeness (QED) is 0.891. The molecular weight excluding hydrogens is 278 g/mol. The van der Waals surface area contributed by atoms with Crippen LogP contribution in [0.3, 0.4) is 0 Å². The Hall–Kier alpha value is -2.30. The van der Waals surface area contributed by atoms with Crippen molar-refractivity contribution in [1.29, 1.82) is 0 Å². The standard InChI is InChI=1S/C17H23N3O2/c1-12(2)10-20-16(5-6-18-20)19-17(21)11-22-15-8-13(3)7-14(4)9-15/h5-9,12H,10-11H2,1-4H3,(H,19,21). The van der Waals surface area contributed by atoms with Gasteiger partial charge < -0.3 is 10.1 Å². The minimum atomic E-state index is -0.190. The third-order valence-corrected chi connectivity index (χ3v) is 3.09. The summed E-state index contributed by atoms with van der Waals surface area (Å²) in [6.45, 7) is 8.97. The zero-order valence-corrected chi connectivity index (χ0v) is 13.6. The Morgan fingerprint density at radius 1 is 1.27 bits per heavy atom. The molecule has 1 aromatic heterocycles. The van der Waals surface area contributed by atoms with Crippen molar-refractivity contribution in [3.8, 4) is 5.75 Å². The number of nitrogens with one attached hydrogen (secondary N) is 1. The van der Waals surface area contributed by atoms with Crippen LogP contribution < -0.4 is 10.1 Å². The molecule has 0 saturated carbocycles. The van der Waals surface area contributed by atoms with E-state index in [1.807, 2.05) is 26.0 Å². The van der Waals surface area contributed by atoms with E-state index in [1.165, 1.54) is 0 Å². The van der Waals surface area contributed by atoms with Crippen molar-refractivity contribution >= 4 is 11.7 Å². The third kappa shape index (κ3) is 4.62. The summed E-state index contributed by atoms with van der Waals surface area (Å²) in [6, 6.07) is 7.70. The first kappa shape index (κ1) is 16.1. The van der Waals surface area contributed by atoms with E-state index in [9.17, 15) is 4.79 Å². The number of rotatable bonds is 6. The highest BCUT2D eigenvalue weighted by molar-refractivity contribution is 5.91. The maximum Gasteiger partial charge on any atom is 0.263 e. The van der Waals surface area contributed by atoms with E-state index >= 15 is 0 Å². The number of amides is 1. The molecule has 1 N–H and O–H groups in total. The van der Waals surface area contributed by atoms with Crippen LogP contribution in [0.5, 0.6) is 5.75 Å². The third-order valence-electron chi connectivity index (χ3n) is 3.09. The second-order valence-electron chi connectivity index (χ2n) is 5.95. The number of aryl methyl sites for hydroxylation is 2. The van der Waals surface area contributed by atoms with Gasteiger partial charge in [-0.2, -0.15) is 5.10 Å². The van der Waals surface area contributed by atoms with E-state index in [4.69, 9.17) is 4.74 Å². The summed E-state index contributed by atoms with van der Waals surface area (Å²) >= 11 is 0. The molecule has 2 aromatic rings. The van der Waals surface area contributed by atoms with Crippen LogP contribution in [0.2, 0.25) is 0 Å². The molecule has 1 heterocycles. The normalized spacial score (nSPS) is 10.8. The van der Waals surface area contributed by atoms with Crippen molar-refractivity contribution in [2.75, 3.05) is 11.9 Å². The summed E-state index contributed by atoms with van der Waals surface area (Å²) in [7, 11) is 0. The Balaban J connectivity index is 1.92. The van der Waals surface area contributed by atoms with Gasteiger partial charge in [0, 0.05) is 12.6 Å². The number of carbonyl (C=O) groups is 1. The maximum absolute atomic E-state index is 12.0. The second-order valence-corrected chi connectivity index (χ2v) is 5.95. The first-order chi connectivity index (χ1) is 10.4. The van der Waals surface area contributed by atoms with Gasteiger partial charge in [0.25, 0.3) is 5.91 Å². The van der Waals surface area contributed by atoms with Crippen LogP contribution in [0.15, 0.2) is 30.5 Å². The summed E-state index contributed by atoms with van der Waals surface area (Å²) in [5.74, 6) is 1.68. The molecule has 5 heteroatoms. The van der Waals surface area contributed by atoms with Crippen molar-refractivity contribution < 1.29 is 9.53 Å². The fraction of sp³-hybridized carbons (Fsp3) is 0.412. The number of benzene rings is 1. The first-order valence-corrected chi connectivity index (χ1v) is 7.47. The van der Waals surface area contributed by atoms with Gasteiger partial charge >= 0.3 is 0 Å². The van der Waals surface area contributed by atoms with Gasteiger partial charge in [0.15, 0.2) is 6.61 Å². The fourth-order valence-corrected chi connectivity index (χ4v) is 2.27. The number of nitrogens with zero attached hydrogens (tertiary/aromatic N) is 2. The van der Waals surface area contributed by atoms with E-state index in [0.29, 0.717) is 17.5 Å². The Bertz CT molecular complexity index is 627. The monoisotopic (exact) mass is 301 g/mol. The largest absolute Gasteiger partial charge is 0.484 e. The molecule has 5 nitrogen and oxygen atoms in total. The van der Waals surface area contributed by atoms with E-state index in [0.717, 1.165) is 17.7 Å². The highest BCUT2D eigenvalue weighted by atomic mass is 16.5. The van der Waals surface area contributed by atoms with Crippen LogP contribution in [-0.4, -0.2) is 22.3 Å². The van der Waals surface area contributed by atoms with E-state index in [1.54, 1.807) is 16.9 Å². The van der Waals surface area contributed by atoms with Crippen LogP contribution in [0.25, 0.3) is 0 Å². The van der Waals surface area contributed by atoms with Gasteiger partial charge in [0.05, 0.1) is 6.20 Å². The van der Waals surface area contributed by atoms with Gasteiger partial charge in [-0.05, 0) is 43.0 Å². The first-order valence-electron chi connectivity index (χ1n) is 7.47. The van der Waals surface area contributed by atoms with Crippen molar-refractivity contribution in [3.05, 3.63) is 41.6 Å². The lowest BCUT2D eigenvalue weighted by Crippen LogP contribution is -2.22. The summed E-state index contributed by atoms with van der Waals surface area (Å²) in [6.07, 6.45) is 1.68. The number of hydrogen-bond acceptors (Lipinski definition) is 3. The topological polar surface area (TPSA) is 56.1 Å².